The molecule has 1 atom stereocenters. The number of methoxy groups -OCH3 is 2. The van der Waals surface area contributed by atoms with Crippen molar-refractivity contribution in [1.82, 2.24) is 4.90 Å². The van der Waals surface area contributed by atoms with Gasteiger partial charge in [-0.2, -0.15) is 0 Å². The molecule has 2 aliphatic rings. The normalized spacial score (nSPS) is 26.4. The first kappa shape index (κ1) is 19.0. The summed E-state index contributed by atoms with van der Waals surface area (Å²) in [5.74, 6) is 2.85. The van der Waals surface area contributed by atoms with E-state index < -0.39 is 0 Å². The lowest BCUT2D eigenvalue weighted by Gasteiger charge is -2.36. The Balaban J connectivity index is 1.51. The number of hydrogen-bond donors (Lipinski definition) is 1. The van der Waals surface area contributed by atoms with E-state index in [2.05, 4.69) is 24.0 Å². The zero-order chi connectivity index (χ0) is 18.5. The Hall–Kier alpha value is -1.75. The van der Waals surface area contributed by atoms with Crippen molar-refractivity contribution in [2.24, 2.45) is 11.8 Å². The molecule has 0 aromatic heterocycles. The van der Waals surface area contributed by atoms with Crippen LogP contribution in [0.25, 0.3) is 0 Å². The first-order valence-electron chi connectivity index (χ1n) is 9.94. The number of quaternary nitrogens is 1. The van der Waals surface area contributed by atoms with Crippen LogP contribution in [0.1, 0.15) is 38.2 Å². The molecule has 0 aliphatic carbocycles. The second kappa shape index (κ2) is 8.76. The number of nitrogens with one attached hydrogen (secondary N) is 1. The molecular formula is C21H33N2O3+. The van der Waals surface area contributed by atoms with Gasteiger partial charge in [0.1, 0.15) is 6.54 Å². The lowest BCUT2D eigenvalue weighted by molar-refractivity contribution is -0.919. The minimum Gasteiger partial charge on any atom is -0.493 e. The summed E-state index contributed by atoms with van der Waals surface area (Å²) in [6.07, 6.45) is 4.44. The van der Waals surface area contributed by atoms with Crippen LogP contribution in [0, 0.1) is 11.8 Å². The fraction of sp³-hybridized carbons (Fsp3) is 0.667. The molecule has 2 aliphatic heterocycles. The van der Waals surface area contributed by atoms with Crippen LogP contribution in [0.15, 0.2) is 18.2 Å². The predicted molar refractivity (Wildman–Crippen MR) is 102 cm³/mol. The lowest BCUT2D eigenvalue weighted by Crippen LogP contribution is -3.11. The van der Waals surface area contributed by atoms with E-state index >= 15 is 0 Å². The number of likely N-dealkylation sites (tertiary alicyclic amines) is 2. The minimum atomic E-state index is 0.231. The second-order valence-corrected chi connectivity index (χ2v) is 7.92. The van der Waals surface area contributed by atoms with Gasteiger partial charge in [-0.3, -0.25) is 4.79 Å². The Kier molecular flexibility index (Phi) is 6.41. The van der Waals surface area contributed by atoms with E-state index in [0.29, 0.717) is 11.8 Å². The maximum atomic E-state index is 12.8. The zero-order valence-corrected chi connectivity index (χ0v) is 16.4. The van der Waals surface area contributed by atoms with Crippen LogP contribution in [-0.2, 0) is 11.3 Å². The summed E-state index contributed by atoms with van der Waals surface area (Å²) < 4.78 is 10.7. The third-order valence-corrected chi connectivity index (χ3v) is 5.91. The van der Waals surface area contributed by atoms with Crippen molar-refractivity contribution in [2.45, 2.75) is 39.2 Å². The fourth-order valence-electron chi connectivity index (χ4n) is 4.38. The van der Waals surface area contributed by atoms with Gasteiger partial charge in [-0.05, 0) is 37.0 Å². The van der Waals surface area contributed by atoms with Gasteiger partial charge < -0.3 is 19.3 Å². The highest BCUT2D eigenvalue weighted by Crippen LogP contribution is 2.27. The topological polar surface area (TPSA) is 43.2 Å². The van der Waals surface area contributed by atoms with Gasteiger partial charge in [0.15, 0.2) is 11.5 Å². The molecule has 2 saturated heterocycles. The zero-order valence-electron chi connectivity index (χ0n) is 16.4. The van der Waals surface area contributed by atoms with E-state index in [-0.39, 0.29) is 5.92 Å². The number of hydrogen-bond acceptors (Lipinski definition) is 3. The highest BCUT2D eigenvalue weighted by atomic mass is 16.5. The van der Waals surface area contributed by atoms with Crippen molar-refractivity contribution in [3.05, 3.63) is 23.8 Å². The highest BCUT2D eigenvalue weighted by Gasteiger charge is 2.32. The third kappa shape index (κ3) is 4.50. The van der Waals surface area contributed by atoms with E-state index in [1.807, 2.05) is 6.07 Å². The quantitative estimate of drug-likeness (QED) is 0.869. The molecule has 0 spiro atoms. The monoisotopic (exact) mass is 361 g/mol. The number of ether oxygens (including phenoxy) is 2. The Morgan fingerprint density at radius 1 is 1.15 bits per heavy atom. The summed E-state index contributed by atoms with van der Waals surface area (Å²) in [5, 5.41) is 0. The van der Waals surface area contributed by atoms with Gasteiger partial charge in [0.05, 0.1) is 27.3 Å². The number of piperidine rings is 2. The van der Waals surface area contributed by atoms with E-state index in [9.17, 15) is 4.79 Å². The number of nitrogens with zero attached hydrogens (tertiary/aromatic N) is 1. The van der Waals surface area contributed by atoms with Gasteiger partial charge in [0, 0.05) is 37.4 Å². The van der Waals surface area contributed by atoms with Crippen molar-refractivity contribution < 1.29 is 19.2 Å². The predicted octanol–water partition coefficient (Wildman–Crippen LogP) is 1.76. The van der Waals surface area contributed by atoms with Crippen LogP contribution in [0.2, 0.25) is 0 Å². The minimum absolute atomic E-state index is 0.231. The maximum absolute atomic E-state index is 12.8. The number of rotatable bonds is 5. The van der Waals surface area contributed by atoms with E-state index in [0.717, 1.165) is 63.5 Å². The van der Waals surface area contributed by atoms with E-state index in [4.69, 9.17) is 9.47 Å². The van der Waals surface area contributed by atoms with Crippen molar-refractivity contribution in [3.63, 3.8) is 0 Å². The Morgan fingerprint density at radius 3 is 2.54 bits per heavy atom. The Morgan fingerprint density at radius 2 is 1.88 bits per heavy atom. The molecule has 1 aromatic rings. The Labute approximate surface area is 157 Å². The van der Waals surface area contributed by atoms with Crippen LogP contribution in [0.5, 0.6) is 11.5 Å². The average Bonchev–Trinajstić information content (AvgIpc) is 2.68. The standard InChI is InChI=1S/C21H32N2O3/c1-16-5-4-10-23(14-16)21(24)18-8-11-22(12-9-18)15-17-6-7-19(25-2)20(13-17)26-3/h6-7,13,16,18H,4-5,8-12,14-15H2,1-3H3/p+1/t16-/m0/s1. The maximum Gasteiger partial charge on any atom is 0.226 e. The highest BCUT2D eigenvalue weighted by molar-refractivity contribution is 5.79. The van der Waals surface area contributed by atoms with Crippen molar-refractivity contribution in [3.8, 4) is 11.5 Å². The molecule has 0 saturated carbocycles. The first-order valence-corrected chi connectivity index (χ1v) is 9.94. The molecule has 2 heterocycles. The van der Waals surface area contributed by atoms with Gasteiger partial charge in [-0.25, -0.2) is 0 Å². The van der Waals surface area contributed by atoms with Crippen LogP contribution < -0.4 is 14.4 Å². The molecule has 0 bridgehead atoms. The molecule has 5 heteroatoms. The molecule has 5 nitrogen and oxygen atoms in total. The van der Waals surface area contributed by atoms with Crippen LogP contribution in [0.3, 0.4) is 0 Å². The van der Waals surface area contributed by atoms with Gasteiger partial charge in [-0.15, -0.1) is 0 Å². The van der Waals surface area contributed by atoms with Crippen molar-refractivity contribution in [1.29, 1.82) is 0 Å². The third-order valence-electron chi connectivity index (χ3n) is 5.91. The van der Waals surface area contributed by atoms with Gasteiger partial charge >= 0.3 is 0 Å². The average molecular weight is 362 g/mol. The SMILES string of the molecule is COc1ccc(C[NH+]2CCC(C(=O)N3CCC[C@H](C)C3)CC2)cc1OC. The largest absolute Gasteiger partial charge is 0.493 e. The summed E-state index contributed by atoms with van der Waals surface area (Å²) >= 11 is 0. The summed E-state index contributed by atoms with van der Waals surface area (Å²) in [6.45, 7) is 7.28. The molecule has 1 amide bonds. The number of carbonyl (C=O) groups is 1. The number of carbonyl (C=O) groups excluding carboxylic acids is 1. The molecule has 0 unspecified atom stereocenters. The molecule has 0 radical (unpaired) electrons. The van der Waals surface area contributed by atoms with Crippen LogP contribution >= 0.6 is 0 Å². The molecule has 1 N–H and O–H groups in total. The smallest absolute Gasteiger partial charge is 0.226 e. The van der Waals surface area contributed by atoms with Crippen LogP contribution in [-0.4, -0.2) is 51.2 Å². The Bertz CT molecular complexity index is 611. The number of benzene rings is 1. The molecule has 2 fully saturated rings. The van der Waals surface area contributed by atoms with Crippen LogP contribution in [0.4, 0.5) is 0 Å². The number of amides is 1. The molecule has 1 aromatic carbocycles. The fourth-order valence-corrected chi connectivity index (χ4v) is 4.38. The molecule has 144 valence electrons. The van der Waals surface area contributed by atoms with E-state index in [1.165, 1.54) is 12.0 Å². The van der Waals surface area contributed by atoms with Gasteiger partial charge in [0.2, 0.25) is 5.91 Å². The summed E-state index contributed by atoms with van der Waals surface area (Å²) in [7, 11) is 3.33. The summed E-state index contributed by atoms with van der Waals surface area (Å²) in [4.78, 5) is 16.5. The van der Waals surface area contributed by atoms with Gasteiger partial charge in [-0.1, -0.05) is 6.92 Å². The lowest BCUT2D eigenvalue weighted by atomic mass is 9.92. The van der Waals surface area contributed by atoms with E-state index in [1.54, 1.807) is 19.1 Å². The molecular weight excluding hydrogens is 328 g/mol. The summed E-state index contributed by atoms with van der Waals surface area (Å²) in [6, 6.07) is 6.15. The second-order valence-electron chi connectivity index (χ2n) is 7.92. The van der Waals surface area contributed by atoms with Crippen molar-refractivity contribution in [2.75, 3.05) is 40.4 Å². The first-order chi connectivity index (χ1) is 12.6. The van der Waals surface area contributed by atoms with Crippen molar-refractivity contribution >= 4 is 5.91 Å². The molecule has 26 heavy (non-hydrogen) atoms. The summed E-state index contributed by atoms with van der Waals surface area (Å²) in [5.41, 5.74) is 1.26. The van der Waals surface area contributed by atoms with Gasteiger partial charge in [0.25, 0.3) is 0 Å². The molecule has 3 rings (SSSR count).